The molecule has 0 unspecified atom stereocenters. The second-order valence-electron chi connectivity index (χ2n) is 3.93. The van der Waals surface area contributed by atoms with Crippen LogP contribution in [0.1, 0.15) is 0 Å². The van der Waals surface area contributed by atoms with Crippen LogP contribution >= 0.6 is 0 Å². The van der Waals surface area contributed by atoms with Gasteiger partial charge in [0.1, 0.15) is 11.5 Å². The number of nitrogens with two attached hydrogens (primary N) is 1. The smallest absolute Gasteiger partial charge is 0.153 e. The van der Waals surface area contributed by atoms with E-state index in [0.717, 1.165) is 6.20 Å². The van der Waals surface area contributed by atoms with Crippen molar-refractivity contribution in [2.75, 3.05) is 5.73 Å². The number of hydrogen-bond donors (Lipinski definition) is 1. The number of nitrogens with zero attached hydrogens (tertiary/aromatic N) is 4. The fourth-order valence-corrected chi connectivity index (χ4v) is 1.71. The average Bonchev–Trinajstić information content (AvgIpc) is 2.83. The summed E-state index contributed by atoms with van der Waals surface area (Å²) in [6.45, 7) is 0. The molecule has 0 aromatic carbocycles. The van der Waals surface area contributed by atoms with Gasteiger partial charge in [-0.15, -0.1) is 0 Å². The van der Waals surface area contributed by atoms with E-state index in [2.05, 4.69) is 15.1 Å². The van der Waals surface area contributed by atoms with Gasteiger partial charge in [-0.05, 0) is 24.3 Å². The van der Waals surface area contributed by atoms with Gasteiger partial charge in [-0.2, -0.15) is 5.10 Å². The summed E-state index contributed by atoms with van der Waals surface area (Å²) in [5, 5.41) is 4.32. The molecule has 2 N–H and O–H groups in total. The van der Waals surface area contributed by atoms with E-state index in [-0.39, 0.29) is 0 Å². The topological polar surface area (TPSA) is 69.6 Å². The van der Waals surface area contributed by atoms with Crippen LogP contribution in [-0.2, 0) is 0 Å². The van der Waals surface area contributed by atoms with Gasteiger partial charge in [0.15, 0.2) is 5.82 Å². The van der Waals surface area contributed by atoms with E-state index >= 15 is 0 Å². The Morgan fingerprint density at radius 1 is 1.11 bits per heavy atom. The van der Waals surface area contributed by atoms with Gasteiger partial charge in [-0.25, -0.2) is 14.1 Å². The van der Waals surface area contributed by atoms with Crippen LogP contribution in [0, 0.1) is 5.82 Å². The van der Waals surface area contributed by atoms with Crippen LogP contribution in [-0.4, -0.2) is 19.7 Å². The predicted molar refractivity (Wildman–Crippen MR) is 69.0 cm³/mol. The van der Waals surface area contributed by atoms with Crippen LogP contribution in [0.15, 0.2) is 48.9 Å². The average molecular weight is 255 g/mol. The molecule has 0 atom stereocenters. The Morgan fingerprint density at radius 2 is 2.00 bits per heavy atom. The first kappa shape index (κ1) is 11.3. The molecule has 5 nitrogen and oxygen atoms in total. The first-order valence-corrected chi connectivity index (χ1v) is 5.62. The second-order valence-corrected chi connectivity index (χ2v) is 3.93. The molecule has 0 saturated heterocycles. The van der Waals surface area contributed by atoms with Crippen molar-refractivity contribution in [1.29, 1.82) is 0 Å². The van der Waals surface area contributed by atoms with Crippen molar-refractivity contribution >= 4 is 5.69 Å². The van der Waals surface area contributed by atoms with Gasteiger partial charge in [0, 0.05) is 6.20 Å². The number of halogens is 1. The Balaban J connectivity index is 2.05. The quantitative estimate of drug-likeness (QED) is 0.760. The second kappa shape index (κ2) is 4.49. The Labute approximate surface area is 108 Å². The van der Waals surface area contributed by atoms with Crippen LogP contribution < -0.4 is 5.73 Å². The molecule has 19 heavy (non-hydrogen) atoms. The summed E-state index contributed by atoms with van der Waals surface area (Å²) in [6, 6.07) is 8.35. The third-order valence-electron chi connectivity index (χ3n) is 2.60. The third-order valence-corrected chi connectivity index (χ3v) is 2.60. The third kappa shape index (κ3) is 2.15. The standard InChI is InChI=1S/C13H10FN5/c14-9-4-5-11(17-7-9)13-10(15)8-19(18-13)12-3-1-2-6-16-12/h1-8H,15H2. The fourth-order valence-electron chi connectivity index (χ4n) is 1.71. The number of aromatic nitrogens is 4. The van der Waals surface area contributed by atoms with Crippen LogP contribution in [0.2, 0.25) is 0 Å². The lowest BCUT2D eigenvalue weighted by molar-refractivity contribution is 0.621. The fraction of sp³-hybridized carbons (Fsp3) is 0. The lowest BCUT2D eigenvalue weighted by Gasteiger charge is -1.98. The van der Waals surface area contributed by atoms with Crippen LogP contribution in [0.4, 0.5) is 10.1 Å². The normalized spacial score (nSPS) is 10.6. The Kier molecular flexibility index (Phi) is 2.68. The minimum atomic E-state index is -0.397. The maximum atomic E-state index is 12.8. The summed E-state index contributed by atoms with van der Waals surface area (Å²) in [5.41, 5.74) is 7.39. The first-order chi connectivity index (χ1) is 9.24. The minimum absolute atomic E-state index is 0.397. The van der Waals surface area contributed by atoms with Gasteiger partial charge in [0.05, 0.1) is 23.8 Å². The predicted octanol–water partition coefficient (Wildman–Crippen LogP) is 2.05. The zero-order valence-corrected chi connectivity index (χ0v) is 9.86. The Hall–Kier alpha value is -2.76. The summed E-state index contributed by atoms with van der Waals surface area (Å²) in [4.78, 5) is 8.14. The summed E-state index contributed by atoms with van der Waals surface area (Å²) < 4.78 is 14.4. The van der Waals surface area contributed by atoms with Gasteiger partial charge in [0.2, 0.25) is 0 Å². The van der Waals surface area contributed by atoms with Gasteiger partial charge in [-0.1, -0.05) is 6.07 Å². The van der Waals surface area contributed by atoms with Crippen molar-refractivity contribution in [2.45, 2.75) is 0 Å². The molecule has 6 heteroatoms. The van der Waals surface area contributed by atoms with E-state index in [1.807, 2.05) is 18.2 Å². The number of pyridine rings is 2. The molecule has 0 aliphatic rings. The molecular weight excluding hydrogens is 245 g/mol. The number of rotatable bonds is 2. The number of nitrogen functional groups attached to an aromatic ring is 1. The molecule has 94 valence electrons. The van der Waals surface area contributed by atoms with Crippen molar-refractivity contribution < 1.29 is 4.39 Å². The molecule has 3 aromatic rings. The molecule has 0 amide bonds. The zero-order valence-electron chi connectivity index (χ0n) is 9.86. The largest absolute Gasteiger partial charge is 0.396 e. The van der Waals surface area contributed by atoms with E-state index in [4.69, 9.17) is 5.73 Å². The highest BCUT2D eigenvalue weighted by atomic mass is 19.1. The molecule has 0 fully saturated rings. The zero-order chi connectivity index (χ0) is 13.2. The summed E-state index contributed by atoms with van der Waals surface area (Å²) in [6.07, 6.45) is 4.46. The molecule has 0 aliphatic heterocycles. The van der Waals surface area contributed by atoms with E-state index in [1.54, 1.807) is 17.1 Å². The highest BCUT2D eigenvalue weighted by Gasteiger charge is 2.11. The molecule has 0 aliphatic carbocycles. The molecule has 0 bridgehead atoms. The van der Waals surface area contributed by atoms with E-state index in [9.17, 15) is 4.39 Å². The number of anilines is 1. The van der Waals surface area contributed by atoms with Gasteiger partial charge in [-0.3, -0.25) is 4.98 Å². The van der Waals surface area contributed by atoms with E-state index < -0.39 is 5.82 Å². The molecular formula is C13H10FN5. The molecule has 0 radical (unpaired) electrons. The van der Waals surface area contributed by atoms with Crippen LogP contribution in [0.5, 0.6) is 0 Å². The van der Waals surface area contributed by atoms with Crippen molar-refractivity contribution in [2.24, 2.45) is 0 Å². The van der Waals surface area contributed by atoms with Crippen molar-refractivity contribution in [1.82, 2.24) is 19.7 Å². The monoisotopic (exact) mass is 255 g/mol. The Morgan fingerprint density at radius 3 is 2.68 bits per heavy atom. The minimum Gasteiger partial charge on any atom is -0.396 e. The summed E-state index contributed by atoms with van der Waals surface area (Å²) in [7, 11) is 0. The van der Waals surface area contributed by atoms with E-state index in [0.29, 0.717) is 22.9 Å². The molecule has 3 rings (SSSR count). The first-order valence-electron chi connectivity index (χ1n) is 5.62. The summed E-state index contributed by atoms with van der Waals surface area (Å²) in [5.74, 6) is 0.258. The molecule has 3 heterocycles. The lowest BCUT2D eigenvalue weighted by Crippen LogP contribution is -1.97. The molecule has 0 spiro atoms. The van der Waals surface area contributed by atoms with Gasteiger partial charge >= 0.3 is 0 Å². The van der Waals surface area contributed by atoms with Crippen molar-refractivity contribution in [3.63, 3.8) is 0 Å². The van der Waals surface area contributed by atoms with Gasteiger partial charge < -0.3 is 5.73 Å². The van der Waals surface area contributed by atoms with Crippen LogP contribution in [0.3, 0.4) is 0 Å². The van der Waals surface area contributed by atoms with E-state index in [1.165, 1.54) is 12.1 Å². The molecule has 0 saturated carbocycles. The highest BCUT2D eigenvalue weighted by Crippen LogP contribution is 2.23. The maximum absolute atomic E-state index is 12.8. The van der Waals surface area contributed by atoms with Crippen LogP contribution in [0.25, 0.3) is 17.2 Å². The lowest BCUT2D eigenvalue weighted by atomic mass is 10.2. The summed E-state index contributed by atoms with van der Waals surface area (Å²) >= 11 is 0. The number of hydrogen-bond acceptors (Lipinski definition) is 4. The highest BCUT2D eigenvalue weighted by molar-refractivity contribution is 5.69. The van der Waals surface area contributed by atoms with Crippen molar-refractivity contribution in [3.8, 4) is 17.2 Å². The maximum Gasteiger partial charge on any atom is 0.153 e. The SMILES string of the molecule is Nc1cn(-c2ccccn2)nc1-c1ccc(F)cn1. The molecule has 3 aromatic heterocycles. The van der Waals surface area contributed by atoms with Gasteiger partial charge in [0.25, 0.3) is 0 Å². The van der Waals surface area contributed by atoms with Crippen molar-refractivity contribution in [3.05, 3.63) is 54.7 Å². The Bertz CT molecular complexity index is 691.